The molecule has 0 aliphatic carbocycles. The molecule has 1 heterocycles. The Morgan fingerprint density at radius 1 is 1.10 bits per heavy atom. The molecule has 2 aromatic carbocycles. The van der Waals surface area contributed by atoms with Gasteiger partial charge in [0.15, 0.2) is 0 Å². The summed E-state index contributed by atoms with van der Waals surface area (Å²) >= 11 is 0. The third kappa shape index (κ3) is 2.94. The quantitative estimate of drug-likeness (QED) is 0.781. The fourth-order valence-electron chi connectivity index (χ4n) is 3.01. The smallest absolute Gasteiger partial charge is 0.139 e. The van der Waals surface area contributed by atoms with Gasteiger partial charge in [-0.15, -0.1) is 4.36 Å². The molecule has 1 aliphatic heterocycles. The first kappa shape index (κ1) is 14.5. The fourth-order valence-corrected chi connectivity index (χ4v) is 5.83. The molecule has 2 atom stereocenters. The minimum absolute atomic E-state index is 0.120. The molecule has 0 bridgehead atoms. The summed E-state index contributed by atoms with van der Waals surface area (Å²) in [5.74, 6) is 0. The molecular formula is C18H21NOS. The molecule has 0 fully saturated rings. The summed E-state index contributed by atoms with van der Waals surface area (Å²) in [6, 6.07) is 18.3. The lowest BCUT2D eigenvalue weighted by Crippen LogP contribution is -2.34. The van der Waals surface area contributed by atoms with E-state index in [4.69, 9.17) is 0 Å². The summed E-state index contributed by atoms with van der Waals surface area (Å²) in [4.78, 5) is 0.936. The number of benzene rings is 2. The van der Waals surface area contributed by atoms with E-state index in [0.29, 0.717) is 0 Å². The van der Waals surface area contributed by atoms with Crippen molar-refractivity contribution >= 4 is 10.1 Å². The van der Waals surface area contributed by atoms with Crippen LogP contribution in [0.15, 0.2) is 63.9 Å². The third-order valence-electron chi connectivity index (χ3n) is 4.13. The highest BCUT2D eigenvalue weighted by Gasteiger charge is 2.33. The largest absolute Gasteiger partial charge is 0.626 e. The van der Waals surface area contributed by atoms with Crippen molar-refractivity contribution in [1.29, 1.82) is 0 Å². The van der Waals surface area contributed by atoms with Crippen molar-refractivity contribution in [2.75, 3.05) is 6.54 Å². The van der Waals surface area contributed by atoms with Gasteiger partial charge in [-0.2, -0.15) is 0 Å². The monoisotopic (exact) mass is 299 g/mol. The van der Waals surface area contributed by atoms with Crippen LogP contribution < -0.4 is 0 Å². The molecule has 110 valence electrons. The summed E-state index contributed by atoms with van der Waals surface area (Å²) in [7, 11) is -2.31. The van der Waals surface area contributed by atoms with E-state index >= 15 is 0 Å². The second kappa shape index (κ2) is 6.12. The van der Waals surface area contributed by atoms with E-state index < -0.39 is 10.1 Å². The molecule has 3 heteroatoms. The fraction of sp³-hybridized carbons (Fsp3) is 0.333. The van der Waals surface area contributed by atoms with Crippen LogP contribution in [0.2, 0.25) is 0 Å². The summed E-state index contributed by atoms with van der Waals surface area (Å²) in [6.07, 6.45) is 2.88. The van der Waals surface area contributed by atoms with Crippen molar-refractivity contribution in [3.63, 3.8) is 0 Å². The van der Waals surface area contributed by atoms with E-state index in [-0.39, 0.29) is 5.25 Å². The highest BCUT2D eigenvalue weighted by molar-refractivity contribution is 8.00. The number of aryl methyl sites for hydroxylation is 1. The van der Waals surface area contributed by atoms with Gasteiger partial charge in [-0.25, -0.2) is 0 Å². The average molecular weight is 299 g/mol. The van der Waals surface area contributed by atoms with Crippen LogP contribution in [-0.2, 0) is 16.5 Å². The Kier molecular flexibility index (Phi) is 4.22. The number of hydrogen-bond donors (Lipinski definition) is 0. The molecule has 0 radical (unpaired) electrons. The molecule has 0 spiro atoms. The lowest BCUT2D eigenvalue weighted by Gasteiger charge is -2.34. The normalized spacial score (nSPS) is 25.3. The number of hydrogen-bond acceptors (Lipinski definition) is 2. The SMILES string of the molecule is Cc1ccccc1[S+]1([O-])=NCCC[C@H]1Cc1ccccc1. The first-order valence-corrected chi connectivity index (χ1v) is 9.09. The molecule has 21 heavy (non-hydrogen) atoms. The van der Waals surface area contributed by atoms with Crippen LogP contribution in [0.4, 0.5) is 0 Å². The maximum Gasteiger partial charge on any atom is 0.139 e. The molecule has 2 aromatic rings. The van der Waals surface area contributed by atoms with Crippen molar-refractivity contribution in [3.05, 3.63) is 65.7 Å². The Morgan fingerprint density at radius 3 is 2.57 bits per heavy atom. The minimum atomic E-state index is -2.31. The van der Waals surface area contributed by atoms with E-state index in [1.165, 1.54) is 5.56 Å². The van der Waals surface area contributed by atoms with Crippen LogP contribution >= 0.6 is 0 Å². The van der Waals surface area contributed by atoms with E-state index in [2.05, 4.69) is 16.5 Å². The van der Waals surface area contributed by atoms with Gasteiger partial charge in [-0.05, 0) is 41.5 Å². The Hall–Kier alpha value is -1.45. The molecule has 2 nitrogen and oxygen atoms in total. The molecule has 1 aliphatic rings. The van der Waals surface area contributed by atoms with Gasteiger partial charge in [0.05, 0.1) is 6.54 Å². The predicted octanol–water partition coefficient (Wildman–Crippen LogP) is 4.23. The Bertz CT molecular complexity index is 666. The van der Waals surface area contributed by atoms with Gasteiger partial charge in [0, 0.05) is 12.0 Å². The molecule has 1 unspecified atom stereocenters. The van der Waals surface area contributed by atoms with Crippen molar-refractivity contribution in [2.24, 2.45) is 4.36 Å². The molecule has 0 aromatic heterocycles. The molecular weight excluding hydrogens is 278 g/mol. The Balaban J connectivity index is 1.98. The Labute approximate surface area is 128 Å². The first-order valence-electron chi connectivity index (χ1n) is 7.51. The zero-order valence-corrected chi connectivity index (χ0v) is 13.2. The lowest BCUT2D eigenvalue weighted by molar-refractivity contribution is 0.534. The van der Waals surface area contributed by atoms with E-state index in [0.717, 1.165) is 36.3 Å². The average Bonchev–Trinajstić information content (AvgIpc) is 2.51. The maximum atomic E-state index is 13.6. The van der Waals surface area contributed by atoms with Crippen molar-refractivity contribution in [1.82, 2.24) is 0 Å². The zero-order chi connectivity index (χ0) is 14.7. The van der Waals surface area contributed by atoms with Crippen LogP contribution in [0.1, 0.15) is 24.0 Å². The molecule has 0 saturated heterocycles. The molecule has 0 N–H and O–H groups in total. The molecule has 0 saturated carbocycles. The second-order valence-electron chi connectivity index (χ2n) is 5.64. The predicted molar refractivity (Wildman–Crippen MR) is 88.1 cm³/mol. The third-order valence-corrected chi connectivity index (χ3v) is 7.09. The topological polar surface area (TPSA) is 35.4 Å². The zero-order valence-electron chi connectivity index (χ0n) is 12.4. The maximum absolute atomic E-state index is 13.6. The van der Waals surface area contributed by atoms with Crippen molar-refractivity contribution < 1.29 is 4.55 Å². The van der Waals surface area contributed by atoms with Crippen LogP contribution in [0.5, 0.6) is 0 Å². The summed E-state index contributed by atoms with van der Waals surface area (Å²) < 4.78 is 18.2. The van der Waals surface area contributed by atoms with Crippen LogP contribution in [0.25, 0.3) is 0 Å². The highest BCUT2D eigenvalue weighted by Crippen LogP contribution is 2.34. The van der Waals surface area contributed by atoms with Crippen molar-refractivity contribution in [3.8, 4) is 0 Å². The van der Waals surface area contributed by atoms with Crippen LogP contribution in [-0.4, -0.2) is 16.3 Å². The lowest BCUT2D eigenvalue weighted by atomic mass is 10.1. The summed E-state index contributed by atoms with van der Waals surface area (Å²) in [6.45, 7) is 2.75. The van der Waals surface area contributed by atoms with Gasteiger partial charge in [-0.1, -0.05) is 48.5 Å². The number of nitrogens with zero attached hydrogens (tertiary/aromatic N) is 1. The molecule has 0 amide bonds. The van der Waals surface area contributed by atoms with E-state index in [1.54, 1.807) is 0 Å². The van der Waals surface area contributed by atoms with E-state index in [9.17, 15) is 4.55 Å². The van der Waals surface area contributed by atoms with Gasteiger partial charge < -0.3 is 4.55 Å². The van der Waals surface area contributed by atoms with Gasteiger partial charge in [0.1, 0.15) is 10.1 Å². The van der Waals surface area contributed by atoms with Gasteiger partial charge >= 0.3 is 0 Å². The highest BCUT2D eigenvalue weighted by atomic mass is 32.3. The summed E-state index contributed by atoms with van der Waals surface area (Å²) in [5, 5.41) is 0.120. The standard InChI is InChI=1S/C18H21NOS/c1-15-8-5-6-12-18(15)21(20)17(11-7-13-19-21)14-16-9-3-2-4-10-16/h2-6,8-10,12,17H,7,11,13-14H2,1H3/t17-,21?/m0/s1. The van der Waals surface area contributed by atoms with Gasteiger partial charge in [0.2, 0.25) is 0 Å². The van der Waals surface area contributed by atoms with Crippen LogP contribution in [0, 0.1) is 6.92 Å². The minimum Gasteiger partial charge on any atom is -0.626 e. The Morgan fingerprint density at radius 2 is 1.81 bits per heavy atom. The van der Waals surface area contributed by atoms with Gasteiger partial charge in [0.25, 0.3) is 0 Å². The molecule has 3 rings (SSSR count). The number of rotatable bonds is 3. The van der Waals surface area contributed by atoms with E-state index in [1.807, 2.05) is 49.4 Å². The second-order valence-corrected chi connectivity index (χ2v) is 8.14. The van der Waals surface area contributed by atoms with Crippen LogP contribution in [0.3, 0.4) is 0 Å². The first-order chi connectivity index (χ1) is 10.2. The van der Waals surface area contributed by atoms with Crippen molar-refractivity contribution in [2.45, 2.75) is 36.3 Å². The summed E-state index contributed by atoms with van der Waals surface area (Å²) in [5.41, 5.74) is 2.34. The van der Waals surface area contributed by atoms with Gasteiger partial charge in [-0.3, -0.25) is 0 Å².